The van der Waals surface area contributed by atoms with E-state index >= 15 is 0 Å². The van der Waals surface area contributed by atoms with Crippen molar-refractivity contribution in [2.45, 2.75) is 57.8 Å². The van der Waals surface area contributed by atoms with Crippen molar-refractivity contribution >= 4 is 12.1 Å². The molecule has 26 heavy (non-hydrogen) atoms. The number of ether oxygens (including phenoxy) is 3. The zero-order valence-electron chi connectivity index (χ0n) is 16.1. The topological polar surface area (TPSA) is 106 Å². The summed E-state index contributed by atoms with van der Waals surface area (Å²) in [6.07, 6.45) is -1.73. The fourth-order valence-electron chi connectivity index (χ4n) is 3.67. The number of fused-ring (bicyclic) bond motifs is 6. The highest BCUT2D eigenvalue weighted by atomic mass is 16.6. The minimum atomic E-state index is -1.61. The van der Waals surface area contributed by atoms with Gasteiger partial charge in [0.05, 0.1) is 19.8 Å². The number of amides is 1. The summed E-state index contributed by atoms with van der Waals surface area (Å²) in [5, 5.41) is 21.4. The van der Waals surface area contributed by atoms with Crippen LogP contribution in [0.25, 0.3) is 0 Å². The predicted octanol–water partition coefficient (Wildman–Crippen LogP) is 0.935. The van der Waals surface area contributed by atoms with Gasteiger partial charge >= 0.3 is 12.1 Å². The molecule has 3 fully saturated rings. The number of carbonyl (C=O) groups excluding carboxylic acids is 2. The molecule has 0 saturated carbocycles. The van der Waals surface area contributed by atoms with Crippen LogP contribution >= 0.6 is 0 Å². The molecule has 3 unspecified atom stereocenters. The quantitative estimate of drug-likeness (QED) is 0.709. The highest BCUT2D eigenvalue weighted by Gasteiger charge is 2.48. The van der Waals surface area contributed by atoms with E-state index < -0.39 is 29.4 Å². The van der Waals surface area contributed by atoms with Gasteiger partial charge in [-0.2, -0.15) is 0 Å². The summed E-state index contributed by atoms with van der Waals surface area (Å²) < 4.78 is 16.0. The van der Waals surface area contributed by atoms with Crippen molar-refractivity contribution in [3.8, 4) is 0 Å². The number of esters is 1. The number of aliphatic hydroxyl groups is 2. The summed E-state index contributed by atoms with van der Waals surface area (Å²) in [4.78, 5) is 26.1. The Morgan fingerprint density at radius 1 is 1.23 bits per heavy atom. The van der Waals surface area contributed by atoms with Crippen LogP contribution in [0.2, 0.25) is 0 Å². The van der Waals surface area contributed by atoms with Crippen LogP contribution in [0.15, 0.2) is 0 Å². The lowest BCUT2D eigenvalue weighted by atomic mass is 9.77. The van der Waals surface area contributed by atoms with Gasteiger partial charge in [-0.1, -0.05) is 0 Å². The molecule has 1 amide bonds. The van der Waals surface area contributed by atoms with Crippen LogP contribution < -0.4 is 0 Å². The Morgan fingerprint density at radius 2 is 1.77 bits per heavy atom. The lowest BCUT2D eigenvalue weighted by Gasteiger charge is -2.44. The number of hydrogen-bond acceptors (Lipinski definition) is 7. The van der Waals surface area contributed by atoms with Crippen molar-refractivity contribution in [3.63, 3.8) is 0 Å². The molecule has 2 N–H and O–H groups in total. The van der Waals surface area contributed by atoms with E-state index in [1.165, 1.54) is 0 Å². The monoisotopic (exact) mass is 373 g/mol. The first-order valence-corrected chi connectivity index (χ1v) is 9.17. The second kappa shape index (κ2) is 8.10. The van der Waals surface area contributed by atoms with E-state index in [1.807, 2.05) is 20.8 Å². The molecule has 3 saturated heterocycles. The molecule has 3 atom stereocenters. The Balaban J connectivity index is 2.16. The van der Waals surface area contributed by atoms with Gasteiger partial charge in [-0.05, 0) is 40.5 Å². The molecule has 0 spiro atoms. The van der Waals surface area contributed by atoms with Crippen molar-refractivity contribution in [2.75, 3.05) is 32.9 Å². The van der Waals surface area contributed by atoms with Crippen molar-refractivity contribution < 1.29 is 34.0 Å². The highest BCUT2D eigenvalue weighted by Crippen LogP contribution is 2.35. The smallest absolute Gasteiger partial charge is 0.410 e. The van der Waals surface area contributed by atoms with Gasteiger partial charge in [-0.25, -0.2) is 9.59 Å². The Kier molecular flexibility index (Phi) is 6.52. The van der Waals surface area contributed by atoms with E-state index in [4.69, 9.17) is 14.2 Å². The summed E-state index contributed by atoms with van der Waals surface area (Å²) in [6, 6.07) is 0. The van der Waals surface area contributed by atoms with E-state index in [2.05, 4.69) is 0 Å². The fraction of sp³-hybridized carbons (Fsp3) is 0.889. The summed E-state index contributed by atoms with van der Waals surface area (Å²) in [6.45, 7) is 8.57. The summed E-state index contributed by atoms with van der Waals surface area (Å²) >= 11 is 0. The van der Waals surface area contributed by atoms with Crippen molar-refractivity contribution in [1.82, 2.24) is 4.90 Å². The van der Waals surface area contributed by atoms with Gasteiger partial charge in [0.2, 0.25) is 0 Å². The van der Waals surface area contributed by atoms with Crippen LogP contribution in [0.5, 0.6) is 0 Å². The molecule has 0 aromatic heterocycles. The third kappa shape index (κ3) is 5.31. The van der Waals surface area contributed by atoms with Crippen LogP contribution in [0, 0.1) is 11.8 Å². The van der Waals surface area contributed by atoms with E-state index in [0.717, 1.165) is 0 Å². The summed E-state index contributed by atoms with van der Waals surface area (Å²) in [7, 11) is 0. The van der Waals surface area contributed by atoms with Gasteiger partial charge in [-0.15, -0.1) is 0 Å². The average molecular weight is 373 g/mol. The first-order chi connectivity index (χ1) is 12.0. The van der Waals surface area contributed by atoms with Crippen LogP contribution in [0.4, 0.5) is 4.79 Å². The molecule has 0 aliphatic carbocycles. The van der Waals surface area contributed by atoms with Gasteiger partial charge in [0.1, 0.15) is 11.2 Å². The number of aliphatic hydroxyl groups excluding tert-OH is 1. The molecule has 0 aromatic rings. The summed E-state index contributed by atoms with van der Waals surface area (Å²) in [5.74, 6) is -1.27. The third-order valence-corrected chi connectivity index (χ3v) is 4.62. The normalized spacial score (nSPS) is 30.8. The fourth-order valence-corrected chi connectivity index (χ4v) is 3.67. The van der Waals surface area contributed by atoms with E-state index in [-0.39, 0.29) is 31.3 Å². The minimum Gasteiger partial charge on any atom is -0.464 e. The van der Waals surface area contributed by atoms with Gasteiger partial charge < -0.3 is 29.3 Å². The Hall–Kier alpha value is -1.38. The molecule has 3 heterocycles. The van der Waals surface area contributed by atoms with Crippen LogP contribution in [0.1, 0.15) is 40.5 Å². The maximum atomic E-state index is 12.5. The van der Waals surface area contributed by atoms with Crippen LogP contribution in [-0.2, 0) is 19.0 Å². The maximum absolute atomic E-state index is 12.5. The van der Waals surface area contributed by atoms with E-state index in [0.29, 0.717) is 26.3 Å². The Bertz CT molecular complexity index is 500. The second-order valence-corrected chi connectivity index (χ2v) is 8.32. The number of rotatable bonds is 3. The van der Waals surface area contributed by atoms with Gasteiger partial charge in [0.25, 0.3) is 0 Å². The average Bonchev–Trinajstić information content (AvgIpc) is 2.46. The molecule has 8 nitrogen and oxygen atoms in total. The first kappa shape index (κ1) is 20.9. The molecule has 3 aliphatic heterocycles. The third-order valence-electron chi connectivity index (χ3n) is 4.62. The Morgan fingerprint density at radius 3 is 2.23 bits per heavy atom. The number of carbonyl (C=O) groups is 2. The van der Waals surface area contributed by atoms with E-state index in [9.17, 15) is 19.8 Å². The lowest BCUT2D eigenvalue weighted by Crippen LogP contribution is -2.57. The maximum Gasteiger partial charge on any atom is 0.410 e. The zero-order chi connectivity index (χ0) is 19.5. The molecule has 8 heteroatoms. The largest absolute Gasteiger partial charge is 0.464 e. The Labute approximate surface area is 154 Å². The number of nitrogens with zero attached hydrogens (tertiary/aromatic N) is 1. The lowest BCUT2D eigenvalue weighted by molar-refractivity contribution is -0.181. The van der Waals surface area contributed by atoms with Crippen molar-refractivity contribution in [1.29, 1.82) is 0 Å². The highest BCUT2D eigenvalue weighted by molar-refractivity contribution is 5.76. The van der Waals surface area contributed by atoms with Crippen molar-refractivity contribution in [3.05, 3.63) is 0 Å². The molecule has 3 rings (SSSR count). The van der Waals surface area contributed by atoms with E-state index in [1.54, 1.807) is 11.8 Å². The standard InChI is InChI=1S/C18H31NO7/c1-5-25-15(21)14(20)18(23)6-12-8-19(16(22)26-17(2,3)4)9-13(7-18)11-24-10-12/h12-14,20,23H,5-11H2,1-4H3. The van der Waals surface area contributed by atoms with Crippen molar-refractivity contribution in [2.24, 2.45) is 11.8 Å². The second-order valence-electron chi connectivity index (χ2n) is 8.32. The molecule has 2 bridgehead atoms. The summed E-state index contributed by atoms with van der Waals surface area (Å²) in [5.41, 5.74) is -2.18. The molecule has 0 radical (unpaired) electrons. The molecule has 3 aliphatic rings. The number of hydrogen-bond donors (Lipinski definition) is 2. The molecule has 0 aromatic carbocycles. The molecular formula is C18H31NO7. The van der Waals surface area contributed by atoms with Gasteiger partial charge in [0, 0.05) is 24.9 Å². The van der Waals surface area contributed by atoms with Gasteiger partial charge in [0.15, 0.2) is 6.10 Å². The predicted molar refractivity (Wildman–Crippen MR) is 92.4 cm³/mol. The molecule has 150 valence electrons. The SMILES string of the molecule is CCOC(=O)C(O)C1(O)CC2COCC(CN(C(=O)OC(C)(C)C)C2)C1. The minimum absolute atomic E-state index is 0.133. The molecular weight excluding hydrogens is 342 g/mol. The van der Waals surface area contributed by atoms with Gasteiger partial charge in [-0.3, -0.25) is 0 Å². The van der Waals surface area contributed by atoms with Crippen LogP contribution in [-0.4, -0.2) is 77.4 Å². The zero-order valence-corrected chi connectivity index (χ0v) is 16.1. The van der Waals surface area contributed by atoms with Crippen LogP contribution in [0.3, 0.4) is 0 Å². The first-order valence-electron chi connectivity index (χ1n) is 9.17.